The summed E-state index contributed by atoms with van der Waals surface area (Å²) in [6.07, 6.45) is -4.73. The fourth-order valence-electron chi connectivity index (χ4n) is 1.31. The number of nitrogens with one attached hydrogen (secondary N) is 1. The van der Waals surface area contributed by atoms with Gasteiger partial charge in [-0.1, -0.05) is 12.1 Å². The summed E-state index contributed by atoms with van der Waals surface area (Å²) in [6.45, 7) is -2.12. The molecule has 0 aliphatic rings. The van der Waals surface area contributed by atoms with Crippen molar-refractivity contribution in [1.82, 2.24) is 5.32 Å². The standard InChI is InChI=1S/C11H11F5N2O.ClH/c12-10(13,5-17)6-18-9(19)7-3-1-2-4-8(7)11(14,15)16;/h1-4H,5-6,17H2,(H,18,19);1H. The topological polar surface area (TPSA) is 55.1 Å². The third kappa shape index (κ3) is 4.93. The first-order chi connectivity index (χ1) is 8.67. The van der Waals surface area contributed by atoms with Gasteiger partial charge in [0.05, 0.1) is 24.2 Å². The molecule has 20 heavy (non-hydrogen) atoms. The van der Waals surface area contributed by atoms with E-state index in [1.165, 1.54) is 6.07 Å². The molecule has 0 fully saturated rings. The van der Waals surface area contributed by atoms with Crippen LogP contribution in [0.5, 0.6) is 0 Å². The molecule has 1 aromatic rings. The minimum Gasteiger partial charge on any atom is -0.346 e. The molecule has 0 spiro atoms. The molecule has 3 N–H and O–H groups in total. The zero-order valence-corrected chi connectivity index (χ0v) is 10.8. The number of hydrogen-bond acceptors (Lipinski definition) is 2. The third-order valence-electron chi connectivity index (χ3n) is 2.28. The molecule has 0 saturated heterocycles. The van der Waals surface area contributed by atoms with Gasteiger partial charge in [0, 0.05) is 0 Å². The van der Waals surface area contributed by atoms with Gasteiger partial charge in [-0.2, -0.15) is 13.2 Å². The highest BCUT2D eigenvalue weighted by molar-refractivity contribution is 5.95. The lowest BCUT2D eigenvalue weighted by molar-refractivity contribution is -0.137. The van der Waals surface area contributed by atoms with Crippen molar-refractivity contribution >= 4 is 18.3 Å². The Morgan fingerprint density at radius 1 is 1.15 bits per heavy atom. The van der Waals surface area contributed by atoms with Gasteiger partial charge in [-0.25, -0.2) is 8.78 Å². The van der Waals surface area contributed by atoms with E-state index < -0.39 is 42.2 Å². The molecule has 3 nitrogen and oxygen atoms in total. The van der Waals surface area contributed by atoms with Crippen LogP contribution < -0.4 is 11.1 Å². The number of hydrogen-bond donors (Lipinski definition) is 2. The first-order valence-corrected chi connectivity index (χ1v) is 5.20. The van der Waals surface area contributed by atoms with Crippen molar-refractivity contribution in [1.29, 1.82) is 0 Å². The predicted molar refractivity (Wildman–Crippen MR) is 65.0 cm³/mol. The number of carbonyl (C=O) groups is 1. The summed E-state index contributed by atoms with van der Waals surface area (Å²) in [4.78, 5) is 11.5. The first-order valence-electron chi connectivity index (χ1n) is 5.20. The molecular weight excluding hydrogens is 307 g/mol. The highest BCUT2D eigenvalue weighted by atomic mass is 35.5. The van der Waals surface area contributed by atoms with Gasteiger partial charge in [0.25, 0.3) is 11.8 Å². The molecule has 0 saturated carbocycles. The molecule has 0 aromatic heterocycles. The second kappa shape index (κ2) is 6.85. The van der Waals surface area contributed by atoms with E-state index in [9.17, 15) is 26.7 Å². The zero-order chi connectivity index (χ0) is 14.7. The Kier molecular flexibility index (Phi) is 6.36. The van der Waals surface area contributed by atoms with E-state index in [0.717, 1.165) is 12.1 Å². The number of alkyl halides is 5. The Morgan fingerprint density at radius 2 is 1.70 bits per heavy atom. The van der Waals surface area contributed by atoms with Crippen molar-refractivity contribution in [3.8, 4) is 0 Å². The average molecular weight is 319 g/mol. The van der Waals surface area contributed by atoms with Crippen molar-refractivity contribution in [3.63, 3.8) is 0 Å². The molecule has 1 aromatic carbocycles. The van der Waals surface area contributed by atoms with Crippen molar-refractivity contribution < 1.29 is 26.7 Å². The van der Waals surface area contributed by atoms with Gasteiger partial charge in [0.1, 0.15) is 0 Å². The van der Waals surface area contributed by atoms with E-state index in [2.05, 4.69) is 0 Å². The smallest absolute Gasteiger partial charge is 0.346 e. The highest BCUT2D eigenvalue weighted by Crippen LogP contribution is 2.31. The molecule has 1 rings (SSSR count). The van der Waals surface area contributed by atoms with Crippen molar-refractivity contribution in [2.45, 2.75) is 12.1 Å². The van der Waals surface area contributed by atoms with Gasteiger partial charge in [-0.05, 0) is 12.1 Å². The molecule has 0 radical (unpaired) electrons. The second-order valence-corrected chi connectivity index (χ2v) is 3.79. The third-order valence-corrected chi connectivity index (χ3v) is 2.28. The summed E-state index contributed by atoms with van der Waals surface area (Å²) in [7, 11) is 0. The van der Waals surface area contributed by atoms with Gasteiger partial charge in [-0.3, -0.25) is 4.79 Å². The lowest BCUT2D eigenvalue weighted by Crippen LogP contribution is -2.41. The maximum absolute atomic E-state index is 12.8. The Hall–Kier alpha value is -1.41. The maximum atomic E-state index is 12.8. The number of carbonyl (C=O) groups excluding carboxylic acids is 1. The summed E-state index contributed by atoms with van der Waals surface area (Å²) in [5.41, 5.74) is 2.87. The fraction of sp³-hybridized carbons (Fsp3) is 0.364. The van der Waals surface area contributed by atoms with Crippen LogP contribution in [0, 0.1) is 0 Å². The maximum Gasteiger partial charge on any atom is 0.417 e. The number of rotatable bonds is 4. The highest BCUT2D eigenvalue weighted by Gasteiger charge is 2.35. The number of amides is 1. The monoisotopic (exact) mass is 318 g/mol. The molecule has 0 aliphatic carbocycles. The van der Waals surface area contributed by atoms with Gasteiger partial charge in [0.15, 0.2) is 0 Å². The first kappa shape index (κ1) is 18.6. The molecule has 0 heterocycles. The van der Waals surface area contributed by atoms with Gasteiger partial charge in [0.2, 0.25) is 0 Å². The number of halogens is 6. The van der Waals surface area contributed by atoms with Crippen LogP contribution in [-0.2, 0) is 6.18 Å². The minimum absolute atomic E-state index is 0. The van der Waals surface area contributed by atoms with Crippen LogP contribution in [0.15, 0.2) is 24.3 Å². The Balaban J connectivity index is 0.00000361. The lowest BCUT2D eigenvalue weighted by Gasteiger charge is -2.16. The number of nitrogens with two attached hydrogens (primary N) is 1. The molecule has 0 unspecified atom stereocenters. The Morgan fingerprint density at radius 3 is 2.20 bits per heavy atom. The van der Waals surface area contributed by atoms with Gasteiger partial charge < -0.3 is 11.1 Å². The van der Waals surface area contributed by atoms with E-state index in [0.29, 0.717) is 6.07 Å². The van der Waals surface area contributed by atoms with Gasteiger partial charge >= 0.3 is 6.18 Å². The van der Waals surface area contributed by atoms with Crippen molar-refractivity contribution in [2.24, 2.45) is 5.73 Å². The fourth-order valence-corrected chi connectivity index (χ4v) is 1.31. The second-order valence-electron chi connectivity index (χ2n) is 3.79. The molecule has 1 amide bonds. The molecule has 9 heteroatoms. The Bertz CT molecular complexity index is 464. The van der Waals surface area contributed by atoms with E-state index in [1.54, 1.807) is 5.32 Å². The molecule has 0 atom stereocenters. The van der Waals surface area contributed by atoms with E-state index in [-0.39, 0.29) is 12.4 Å². The summed E-state index contributed by atoms with van der Waals surface area (Å²) in [5, 5.41) is 1.73. The molecular formula is C11H12ClF5N2O. The van der Waals surface area contributed by atoms with Crippen molar-refractivity contribution in [2.75, 3.05) is 13.1 Å². The van der Waals surface area contributed by atoms with Crippen LogP contribution in [0.3, 0.4) is 0 Å². The normalized spacial score (nSPS) is 11.7. The van der Waals surface area contributed by atoms with Crippen LogP contribution in [0.25, 0.3) is 0 Å². The molecule has 0 bridgehead atoms. The lowest BCUT2D eigenvalue weighted by atomic mass is 10.1. The predicted octanol–water partition coefficient (Wildman–Crippen LogP) is 2.45. The van der Waals surface area contributed by atoms with E-state index >= 15 is 0 Å². The van der Waals surface area contributed by atoms with Gasteiger partial charge in [-0.15, -0.1) is 12.4 Å². The number of benzene rings is 1. The zero-order valence-electron chi connectivity index (χ0n) is 10.0. The van der Waals surface area contributed by atoms with Crippen LogP contribution in [0.4, 0.5) is 22.0 Å². The quantitative estimate of drug-likeness (QED) is 0.838. The van der Waals surface area contributed by atoms with Crippen LogP contribution >= 0.6 is 12.4 Å². The summed E-state index contributed by atoms with van der Waals surface area (Å²) in [6, 6.07) is 3.94. The molecule has 114 valence electrons. The SMILES string of the molecule is Cl.NCC(F)(F)CNC(=O)c1ccccc1C(F)(F)F. The van der Waals surface area contributed by atoms with Crippen LogP contribution in [-0.4, -0.2) is 24.9 Å². The minimum atomic E-state index is -4.73. The average Bonchev–Trinajstić information content (AvgIpc) is 2.35. The largest absolute Gasteiger partial charge is 0.417 e. The molecule has 0 aliphatic heterocycles. The summed E-state index contributed by atoms with van der Waals surface area (Å²) < 4.78 is 63.4. The van der Waals surface area contributed by atoms with E-state index in [4.69, 9.17) is 5.73 Å². The Labute approximate surface area is 117 Å². The van der Waals surface area contributed by atoms with E-state index in [1.807, 2.05) is 0 Å². The van der Waals surface area contributed by atoms with Crippen LogP contribution in [0.1, 0.15) is 15.9 Å². The van der Waals surface area contributed by atoms with Crippen molar-refractivity contribution in [3.05, 3.63) is 35.4 Å². The summed E-state index contributed by atoms with van der Waals surface area (Å²) in [5.74, 6) is -4.58. The van der Waals surface area contributed by atoms with Crippen LogP contribution in [0.2, 0.25) is 0 Å². The summed E-state index contributed by atoms with van der Waals surface area (Å²) >= 11 is 0.